The lowest BCUT2D eigenvalue weighted by Crippen LogP contribution is -2.35. The smallest absolute Gasteiger partial charge is 0.336 e. The number of nitrogens with one attached hydrogen (secondary N) is 1. The molecule has 1 unspecified atom stereocenters. The molecule has 1 aromatic rings. The quantitative estimate of drug-likeness (QED) is 0.742. The van der Waals surface area contributed by atoms with Gasteiger partial charge in [0.1, 0.15) is 0 Å². The Balaban J connectivity index is 2.88. The largest absolute Gasteiger partial charge is 0.478 e. The molecule has 98 valence electrons. The minimum absolute atomic E-state index is 0.178. The first-order valence-electron chi connectivity index (χ1n) is 5.86. The maximum absolute atomic E-state index is 11.8. The Kier molecular flexibility index (Phi) is 4.85. The second-order valence-electron chi connectivity index (χ2n) is 4.17. The molecule has 5 nitrogen and oxygen atoms in total. The second-order valence-corrected chi connectivity index (χ2v) is 4.17. The van der Waals surface area contributed by atoms with Crippen LogP contribution in [-0.4, -0.2) is 23.0 Å². The number of anilines is 1. The van der Waals surface area contributed by atoms with E-state index >= 15 is 0 Å². The summed E-state index contributed by atoms with van der Waals surface area (Å²) in [6.07, 6.45) is 1.42. The summed E-state index contributed by atoms with van der Waals surface area (Å²) >= 11 is 0. The van der Waals surface area contributed by atoms with Gasteiger partial charge in [-0.3, -0.25) is 4.79 Å². The molecular formula is C13H18N2O3. The fourth-order valence-electron chi connectivity index (χ4n) is 1.67. The van der Waals surface area contributed by atoms with Gasteiger partial charge in [0, 0.05) is 5.69 Å². The van der Waals surface area contributed by atoms with E-state index < -0.39 is 12.0 Å². The highest BCUT2D eigenvalue weighted by Crippen LogP contribution is 2.19. The van der Waals surface area contributed by atoms with Crippen molar-refractivity contribution in [1.82, 2.24) is 0 Å². The number of rotatable bonds is 5. The zero-order chi connectivity index (χ0) is 13.7. The van der Waals surface area contributed by atoms with Gasteiger partial charge in [0.15, 0.2) is 0 Å². The average molecular weight is 250 g/mol. The number of carbonyl (C=O) groups is 2. The van der Waals surface area contributed by atoms with Gasteiger partial charge in [-0.2, -0.15) is 0 Å². The number of benzene rings is 1. The summed E-state index contributed by atoms with van der Waals surface area (Å²) in [6.45, 7) is 3.61. The van der Waals surface area contributed by atoms with Crippen molar-refractivity contribution in [2.75, 3.05) is 5.32 Å². The van der Waals surface area contributed by atoms with Crippen LogP contribution in [0, 0.1) is 6.92 Å². The summed E-state index contributed by atoms with van der Waals surface area (Å²) in [4.78, 5) is 22.7. The van der Waals surface area contributed by atoms with Crippen LogP contribution in [0.3, 0.4) is 0 Å². The first-order valence-corrected chi connectivity index (χ1v) is 5.86. The Labute approximate surface area is 106 Å². The van der Waals surface area contributed by atoms with E-state index in [0.29, 0.717) is 17.7 Å². The van der Waals surface area contributed by atoms with Gasteiger partial charge in [-0.1, -0.05) is 19.4 Å². The van der Waals surface area contributed by atoms with Crippen molar-refractivity contribution in [2.45, 2.75) is 32.7 Å². The maximum Gasteiger partial charge on any atom is 0.336 e. The van der Waals surface area contributed by atoms with Crippen LogP contribution in [0.5, 0.6) is 0 Å². The predicted octanol–water partition coefficient (Wildman–Crippen LogP) is 1.76. The SMILES string of the molecule is CCCC(N)C(=O)Nc1cccc(C(=O)O)c1C. The lowest BCUT2D eigenvalue weighted by molar-refractivity contribution is -0.117. The molecule has 0 aromatic heterocycles. The Morgan fingerprint density at radius 2 is 2.11 bits per heavy atom. The van der Waals surface area contributed by atoms with E-state index in [1.54, 1.807) is 19.1 Å². The highest BCUT2D eigenvalue weighted by Gasteiger charge is 2.15. The Bertz CT molecular complexity index is 458. The molecule has 0 aliphatic carbocycles. The van der Waals surface area contributed by atoms with Gasteiger partial charge in [0.2, 0.25) is 5.91 Å². The van der Waals surface area contributed by atoms with Crippen molar-refractivity contribution in [2.24, 2.45) is 5.73 Å². The number of carboxylic acids is 1. The lowest BCUT2D eigenvalue weighted by Gasteiger charge is -2.14. The van der Waals surface area contributed by atoms with Crippen molar-refractivity contribution in [3.05, 3.63) is 29.3 Å². The molecular weight excluding hydrogens is 232 g/mol. The molecule has 0 saturated heterocycles. The molecule has 4 N–H and O–H groups in total. The number of amides is 1. The molecule has 1 rings (SSSR count). The van der Waals surface area contributed by atoms with Crippen molar-refractivity contribution >= 4 is 17.6 Å². The number of nitrogens with two attached hydrogens (primary N) is 1. The summed E-state index contributed by atoms with van der Waals surface area (Å²) in [5.74, 6) is -1.30. The van der Waals surface area contributed by atoms with Gasteiger partial charge in [-0.25, -0.2) is 4.79 Å². The third kappa shape index (κ3) is 3.30. The molecule has 1 amide bonds. The van der Waals surface area contributed by atoms with E-state index in [9.17, 15) is 9.59 Å². The first-order chi connectivity index (χ1) is 8.47. The van der Waals surface area contributed by atoms with Crippen molar-refractivity contribution < 1.29 is 14.7 Å². The minimum atomic E-state index is -1.01. The standard InChI is InChI=1S/C13H18N2O3/c1-3-5-10(14)12(16)15-11-7-4-6-9(8(11)2)13(17)18/h4,6-7,10H,3,5,14H2,1-2H3,(H,15,16)(H,17,18). The first kappa shape index (κ1) is 14.2. The van der Waals surface area contributed by atoms with E-state index in [0.717, 1.165) is 6.42 Å². The van der Waals surface area contributed by atoms with Crippen LogP contribution >= 0.6 is 0 Å². The fraction of sp³-hybridized carbons (Fsp3) is 0.385. The Morgan fingerprint density at radius 1 is 1.44 bits per heavy atom. The normalized spacial score (nSPS) is 11.9. The van der Waals surface area contributed by atoms with Gasteiger partial charge in [0.05, 0.1) is 11.6 Å². The average Bonchev–Trinajstić information content (AvgIpc) is 2.31. The molecule has 0 radical (unpaired) electrons. The summed E-state index contributed by atoms with van der Waals surface area (Å²) in [7, 11) is 0. The Hall–Kier alpha value is -1.88. The highest BCUT2D eigenvalue weighted by molar-refractivity contribution is 5.98. The fourth-order valence-corrected chi connectivity index (χ4v) is 1.67. The molecule has 0 spiro atoms. The topological polar surface area (TPSA) is 92.4 Å². The third-order valence-electron chi connectivity index (χ3n) is 2.76. The molecule has 0 saturated carbocycles. The number of carbonyl (C=O) groups excluding carboxylic acids is 1. The van der Waals surface area contributed by atoms with E-state index in [1.165, 1.54) is 6.07 Å². The third-order valence-corrected chi connectivity index (χ3v) is 2.76. The van der Waals surface area contributed by atoms with Crippen LogP contribution in [0.2, 0.25) is 0 Å². The van der Waals surface area contributed by atoms with Gasteiger partial charge in [0.25, 0.3) is 0 Å². The zero-order valence-corrected chi connectivity index (χ0v) is 10.6. The van der Waals surface area contributed by atoms with E-state index in [2.05, 4.69) is 5.32 Å². The predicted molar refractivity (Wildman–Crippen MR) is 69.7 cm³/mol. The number of hydrogen-bond donors (Lipinski definition) is 3. The van der Waals surface area contributed by atoms with Crippen LogP contribution in [-0.2, 0) is 4.79 Å². The Morgan fingerprint density at radius 3 is 2.67 bits per heavy atom. The molecule has 0 aliphatic rings. The van der Waals surface area contributed by atoms with Crippen molar-refractivity contribution in [3.63, 3.8) is 0 Å². The molecule has 5 heteroatoms. The summed E-state index contributed by atoms with van der Waals surface area (Å²) in [6, 6.07) is 4.19. The summed E-state index contributed by atoms with van der Waals surface area (Å²) < 4.78 is 0. The van der Waals surface area contributed by atoms with Gasteiger partial charge in [-0.05, 0) is 31.0 Å². The number of aromatic carboxylic acids is 1. The molecule has 0 heterocycles. The van der Waals surface area contributed by atoms with Gasteiger partial charge < -0.3 is 16.2 Å². The van der Waals surface area contributed by atoms with Crippen molar-refractivity contribution in [3.8, 4) is 0 Å². The molecule has 0 aliphatic heterocycles. The second kappa shape index (κ2) is 6.16. The molecule has 18 heavy (non-hydrogen) atoms. The minimum Gasteiger partial charge on any atom is -0.478 e. The van der Waals surface area contributed by atoms with E-state index in [4.69, 9.17) is 10.8 Å². The summed E-state index contributed by atoms with van der Waals surface area (Å²) in [5, 5.41) is 11.6. The monoisotopic (exact) mass is 250 g/mol. The number of carboxylic acid groups (broad SMARTS) is 1. The van der Waals surface area contributed by atoms with E-state index in [1.807, 2.05) is 6.92 Å². The number of hydrogen-bond acceptors (Lipinski definition) is 3. The van der Waals surface area contributed by atoms with E-state index in [-0.39, 0.29) is 11.5 Å². The van der Waals surface area contributed by atoms with Gasteiger partial charge >= 0.3 is 5.97 Å². The highest BCUT2D eigenvalue weighted by atomic mass is 16.4. The van der Waals surface area contributed by atoms with Crippen LogP contribution in [0.25, 0.3) is 0 Å². The van der Waals surface area contributed by atoms with Crippen LogP contribution in [0.4, 0.5) is 5.69 Å². The van der Waals surface area contributed by atoms with Crippen molar-refractivity contribution in [1.29, 1.82) is 0 Å². The molecule has 0 bridgehead atoms. The molecule has 1 aromatic carbocycles. The summed E-state index contributed by atoms with van der Waals surface area (Å²) in [5.41, 5.74) is 6.89. The van der Waals surface area contributed by atoms with Crippen LogP contribution < -0.4 is 11.1 Å². The zero-order valence-electron chi connectivity index (χ0n) is 10.6. The lowest BCUT2D eigenvalue weighted by atomic mass is 10.1. The molecule has 0 fully saturated rings. The van der Waals surface area contributed by atoms with Crippen LogP contribution in [0.1, 0.15) is 35.7 Å². The van der Waals surface area contributed by atoms with Crippen LogP contribution in [0.15, 0.2) is 18.2 Å². The van der Waals surface area contributed by atoms with Gasteiger partial charge in [-0.15, -0.1) is 0 Å². The molecule has 1 atom stereocenters. The maximum atomic E-state index is 11.8.